The van der Waals surface area contributed by atoms with Crippen LogP contribution in [0.4, 0.5) is 0 Å². The van der Waals surface area contributed by atoms with E-state index in [1.54, 1.807) is 12.1 Å². The van der Waals surface area contributed by atoms with Gasteiger partial charge in [0, 0.05) is 17.5 Å². The van der Waals surface area contributed by atoms with Crippen LogP contribution in [0.1, 0.15) is 17.4 Å². The molecule has 0 fully saturated rings. The summed E-state index contributed by atoms with van der Waals surface area (Å²) in [6.45, 7) is 4.02. The number of aliphatic hydroxyl groups excluding tert-OH is 1. The summed E-state index contributed by atoms with van der Waals surface area (Å²) in [5.74, 6) is -0.933. The minimum absolute atomic E-state index is 0.118. The van der Waals surface area contributed by atoms with Crippen molar-refractivity contribution < 1.29 is 15.0 Å². The van der Waals surface area contributed by atoms with Gasteiger partial charge in [0.2, 0.25) is 0 Å². The summed E-state index contributed by atoms with van der Waals surface area (Å²) in [5.41, 5.74) is 0. The Morgan fingerprint density at radius 3 is 2.94 bits per heavy atom. The molecule has 1 rings (SSSR count). The van der Waals surface area contributed by atoms with Crippen LogP contribution in [-0.4, -0.2) is 28.8 Å². The number of carbonyl (C=O) groups is 1. The third-order valence-electron chi connectivity index (χ3n) is 2.13. The zero-order valence-corrected chi connectivity index (χ0v) is 9.61. The number of hydrogen-bond donors (Lipinski definition) is 3. The molecular weight excluding hydrogens is 226 g/mol. The van der Waals surface area contributed by atoms with Crippen molar-refractivity contribution in [2.75, 3.05) is 6.54 Å². The van der Waals surface area contributed by atoms with E-state index in [0.29, 0.717) is 6.54 Å². The number of aliphatic hydroxyl groups is 1. The molecule has 0 aliphatic carbocycles. The zero-order valence-electron chi connectivity index (χ0n) is 8.80. The monoisotopic (exact) mass is 241 g/mol. The highest BCUT2D eigenvalue weighted by molar-refractivity contribution is 7.10. The molecule has 0 saturated carbocycles. The molecule has 1 aromatic rings. The summed E-state index contributed by atoms with van der Waals surface area (Å²) in [7, 11) is 0. The molecule has 5 heteroatoms. The van der Waals surface area contributed by atoms with Gasteiger partial charge in [0.1, 0.15) is 6.10 Å². The number of hydrogen-bond acceptors (Lipinski definition) is 4. The lowest BCUT2D eigenvalue weighted by atomic mass is 10.1. The first-order valence-electron chi connectivity index (χ1n) is 4.92. The van der Waals surface area contributed by atoms with E-state index in [4.69, 9.17) is 5.11 Å². The fourth-order valence-electron chi connectivity index (χ4n) is 1.38. The highest BCUT2D eigenvalue weighted by atomic mass is 32.1. The van der Waals surface area contributed by atoms with Gasteiger partial charge in [0.05, 0.1) is 6.42 Å². The molecule has 16 heavy (non-hydrogen) atoms. The Labute approximate surface area is 98.2 Å². The lowest BCUT2D eigenvalue weighted by molar-refractivity contribution is -0.138. The summed E-state index contributed by atoms with van der Waals surface area (Å²) in [5, 5.41) is 23.5. The Morgan fingerprint density at radius 1 is 1.69 bits per heavy atom. The predicted molar refractivity (Wildman–Crippen MR) is 63.5 cm³/mol. The van der Waals surface area contributed by atoms with Crippen LogP contribution in [0.5, 0.6) is 0 Å². The number of thiophene rings is 1. The number of carboxylic acids is 1. The first kappa shape index (κ1) is 12.9. The van der Waals surface area contributed by atoms with Gasteiger partial charge in [0.25, 0.3) is 0 Å². The summed E-state index contributed by atoms with van der Waals surface area (Å²) in [6, 6.07) is 3.13. The van der Waals surface area contributed by atoms with Crippen molar-refractivity contribution in [3.63, 3.8) is 0 Å². The molecule has 0 aliphatic heterocycles. The van der Waals surface area contributed by atoms with E-state index >= 15 is 0 Å². The van der Waals surface area contributed by atoms with Crippen LogP contribution in [0.15, 0.2) is 30.2 Å². The van der Waals surface area contributed by atoms with Gasteiger partial charge in [-0.05, 0) is 11.4 Å². The van der Waals surface area contributed by atoms with Gasteiger partial charge >= 0.3 is 5.97 Å². The van der Waals surface area contributed by atoms with Gasteiger partial charge in [-0.25, -0.2) is 0 Å². The van der Waals surface area contributed by atoms with Gasteiger partial charge in [-0.2, -0.15) is 0 Å². The van der Waals surface area contributed by atoms with E-state index < -0.39 is 18.1 Å². The summed E-state index contributed by atoms with van der Waals surface area (Å²) in [6.07, 6.45) is 0.721. The molecule has 88 valence electrons. The Kier molecular flexibility index (Phi) is 5.18. The molecule has 0 radical (unpaired) electrons. The van der Waals surface area contributed by atoms with Crippen molar-refractivity contribution in [3.05, 3.63) is 35.0 Å². The van der Waals surface area contributed by atoms with Crippen LogP contribution in [0.3, 0.4) is 0 Å². The molecule has 0 saturated heterocycles. The maximum Gasteiger partial charge on any atom is 0.305 e. The molecule has 0 spiro atoms. The topological polar surface area (TPSA) is 69.6 Å². The maximum atomic E-state index is 10.7. The lowest BCUT2D eigenvalue weighted by Crippen LogP contribution is -2.36. The van der Waals surface area contributed by atoms with Crippen molar-refractivity contribution in [2.45, 2.75) is 18.6 Å². The fourth-order valence-corrected chi connectivity index (χ4v) is 2.15. The third-order valence-corrected chi connectivity index (χ3v) is 3.08. The Bertz CT molecular complexity index is 337. The first-order chi connectivity index (χ1) is 7.65. The maximum absolute atomic E-state index is 10.7. The minimum Gasteiger partial charge on any atom is -0.481 e. The van der Waals surface area contributed by atoms with Gasteiger partial charge in [-0.3, -0.25) is 4.79 Å². The van der Waals surface area contributed by atoms with Gasteiger partial charge < -0.3 is 15.5 Å². The van der Waals surface area contributed by atoms with Gasteiger partial charge in [0.15, 0.2) is 0 Å². The van der Waals surface area contributed by atoms with Gasteiger partial charge in [-0.15, -0.1) is 17.9 Å². The molecule has 0 amide bonds. The number of rotatable bonds is 7. The second-order valence-corrected chi connectivity index (χ2v) is 4.34. The van der Waals surface area contributed by atoms with Crippen LogP contribution in [0, 0.1) is 0 Å². The van der Waals surface area contributed by atoms with Crippen LogP contribution in [0.2, 0.25) is 0 Å². The molecular formula is C11H15NO3S. The molecule has 0 bridgehead atoms. The molecule has 2 atom stereocenters. The van der Waals surface area contributed by atoms with E-state index in [-0.39, 0.29) is 6.42 Å². The van der Waals surface area contributed by atoms with Crippen LogP contribution >= 0.6 is 11.3 Å². The number of carboxylic acid groups (broad SMARTS) is 1. The highest BCUT2D eigenvalue weighted by Crippen LogP contribution is 2.23. The number of nitrogens with one attached hydrogen (secondary N) is 1. The van der Waals surface area contributed by atoms with E-state index in [1.165, 1.54) is 11.3 Å². The normalized spacial score (nSPS) is 14.3. The second kappa shape index (κ2) is 6.42. The van der Waals surface area contributed by atoms with Crippen molar-refractivity contribution in [3.8, 4) is 0 Å². The molecule has 0 aromatic carbocycles. The predicted octanol–water partition coefficient (Wildman–Crippen LogP) is 1.40. The lowest BCUT2D eigenvalue weighted by Gasteiger charge is -2.21. The molecule has 0 aliphatic rings. The van der Waals surface area contributed by atoms with E-state index in [2.05, 4.69) is 11.9 Å². The largest absolute Gasteiger partial charge is 0.481 e. The van der Waals surface area contributed by atoms with Crippen molar-refractivity contribution in [1.29, 1.82) is 0 Å². The Hall–Kier alpha value is -1.17. The summed E-state index contributed by atoms with van der Waals surface area (Å²) in [4.78, 5) is 11.4. The van der Waals surface area contributed by atoms with Crippen molar-refractivity contribution in [1.82, 2.24) is 5.32 Å². The van der Waals surface area contributed by atoms with Gasteiger partial charge in [-0.1, -0.05) is 12.1 Å². The van der Waals surface area contributed by atoms with E-state index in [9.17, 15) is 9.90 Å². The Balaban J connectivity index is 2.66. The summed E-state index contributed by atoms with van der Waals surface area (Å²) >= 11 is 1.41. The van der Waals surface area contributed by atoms with Crippen molar-refractivity contribution in [2.24, 2.45) is 0 Å². The van der Waals surface area contributed by atoms with E-state index in [0.717, 1.165) is 4.88 Å². The quantitative estimate of drug-likeness (QED) is 0.631. The van der Waals surface area contributed by atoms with E-state index in [1.807, 2.05) is 11.4 Å². The van der Waals surface area contributed by atoms with Crippen molar-refractivity contribution >= 4 is 17.3 Å². The molecule has 2 unspecified atom stereocenters. The van der Waals surface area contributed by atoms with Crippen LogP contribution in [0.25, 0.3) is 0 Å². The molecule has 4 nitrogen and oxygen atoms in total. The molecule has 1 heterocycles. The fraction of sp³-hybridized carbons (Fsp3) is 0.364. The SMILES string of the molecule is C=CCNC(CC(=O)O)C(O)c1cccs1. The minimum atomic E-state index is -0.933. The van der Waals surface area contributed by atoms with Crippen LogP contribution in [-0.2, 0) is 4.79 Å². The average molecular weight is 241 g/mol. The number of aliphatic carboxylic acids is 1. The first-order valence-corrected chi connectivity index (χ1v) is 5.80. The Morgan fingerprint density at radius 2 is 2.44 bits per heavy atom. The average Bonchev–Trinajstić information content (AvgIpc) is 2.76. The highest BCUT2D eigenvalue weighted by Gasteiger charge is 2.23. The molecule has 3 N–H and O–H groups in total. The smallest absolute Gasteiger partial charge is 0.305 e. The summed E-state index contributed by atoms with van der Waals surface area (Å²) < 4.78 is 0. The van der Waals surface area contributed by atoms with Crippen LogP contribution < -0.4 is 5.32 Å². The third kappa shape index (κ3) is 3.77. The second-order valence-electron chi connectivity index (χ2n) is 3.36. The molecule has 1 aromatic heterocycles. The zero-order chi connectivity index (χ0) is 12.0. The standard InChI is InChI=1S/C11H15NO3S/c1-2-5-12-8(7-10(13)14)11(15)9-4-3-6-16-9/h2-4,6,8,11-12,15H,1,5,7H2,(H,13,14).